The van der Waals surface area contributed by atoms with Crippen molar-refractivity contribution < 1.29 is 28.5 Å². The lowest BCUT2D eigenvalue weighted by Crippen LogP contribution is -2.18. The lowest BCUT2D eigenvalue weighted by atomic mass is 10.1. The van der Waals surface area contributed by atoms with Gasteiger partial charge in [0, 0.05) is 5.56 Å². The van der Waals surface area contributed by atoms with E-state index >= 15 is 0 Å². The Morgan fingerprint density at radius 1 is 1.00 bits per heavy atom. The number of carbonyl (C=O) groups excluding carboxylic acids is 2. The maximum absolute atomic E-state index is 12.0. The van der Waals surface area contributed by atoms with Crippen LogP contribution in [0.25, 0.3) is 6.08 Å². The summed E-state index contributed by atoms with van der Waals surface area (Å²) in [5.74, 6) is -0.587. The zero-order valence-corrected chi connectivity index (χ0v) is 13.2. The summed E-state index contributed by atoms with van der Waals surface area (Å²) in [7, 11) is 2.98. The maximum Gasteiger partial charge on any atom is 0.345 e. The van der Waals surface area contributed by atoms with Crippen LogP contribution in [0, 0.1) is 0 Å². The average Bonchev–Trinajstić information content (AvgIpc) is 2.52. The van der Waals surface area contributed by atoms with Gasteiger partial charge in [0.15, 0.2) is 11.5 Å². The lowest BCUT2D eigenvalue weighted by Gasteiger charge is -2.11. The second-order valence-corrected chi connectivity index (χ2v) is 4.08. The Labute approximate surface area is 129 Å². The van der Waals surface area contributed by atoms with E-state index in [9.17, 15) is 9.59 Å². The molecule has 0 spiro atoms. The molecule has 0 heterocycles. The molecule has 0 saturated heterocycles. The fourth-order valence-electron chi connectivity index (χ4n) is 1.80. The van der Waals surface area contributed by atoms with E-state index in [1.165, 1.54) is 20.3 Å². The standard InChI is InChI=1S/C16H20O6/c1-5-21-15(17)12(16(18)22-6-2)10-11-8-7-9-13(19-3)14(11)20-4/h7-10H,5-6H2,1-4H3. The Bertz CT molecular complexity index is 542. The van der Waals surface area contributed by atoms with E-state index < -0.39 is 11.9 Å². The Balaban J connectivity index is 3.32. The highest BCUT2D eigenvalue weighted by Gasteiger charge is 2.22. The SMILES string of the molecule is CCOC(=O)C(=Cc1cccc(OC)c1OC)C(=O)OCC. The summed E-state index contributed by atoms with van der Waals surface area (Å²) in [5.41, 5.74) is 0.313. The zero-order chi connectivity index (χ0) is 16.5. The van der Waals surface area contributed by atoms with Crippen molar-refractivity contribution in [3.63, 3.8) is 0 Å². The van der Waals surface area contributed by atoms with E-state index in [-0.39, 0.29) is 18.8 Å². The monoisotopic (exact) mass is 308 g/mol. The molecular formula is C16H20O6. The first-order chi connectivity index (χ1) is 10.6. The van der Waals surface area contributed by atoms with E-state index in [0.29, 0.717) is 17.1 Å². The third kappa shape index (κ3) is 4.25. The van der Waals surface area contributed by atoms with Gasteiger partial charge in [0.05, 0.1) is 27.4 Å². The van der Waals surface area contributed by atoms with Crippen molar-refractivity contribution in [1.29, 1.82) is 0 Å². The van der Waals surface area contributed by atoms with Gasteiger partial charge in [0.2, 0.25) is 0 Å². The van der Waals surface area contributed by atoms with Crippen molar-refractivity contribution in [1.82, 2.24) is 0 Å². The molecule has 0 N–H and O–H groups in total. The molecule has 0 amide bonds. The highest BCUT2D eigenvalue weighted by Crippen LogP contribution is 2.32. The van der Waals surface area contributed by atoms with Gasteiger partial charge < -0.3 is 18.9 Å². The zero-order valence-electron chi connectivity index (χ0n) is 13.2. The minimum atomic E-state index is -0.745. The number of para-hydroxylation sites is 1. The molecule has 0 fully saturated rings. The third-order valence-corrected chi connectivity index (χ3v) is 2.72. The number of hydrogen-bond donors (Lipinski definition) is 0. The second-order valence-electron chi connectivity index (χ2n) is 4.08. The highest BCUT2D eigenvalue weighted by atomic mass is 16.6. The number of esters is 2. The van der Waals surface area contributed by atoms with Crippen molar-refractivity contribution in [2.75, 3.05) is 27.4 Å². The van der Waals surface area contributed by atoms with Crippen LogP contribution in [-0.2, 0) is 19.1 Å². The predicted molar refractivity (Wildman–Crippen MR) is 80.8 cm³/mol. The summed E-state index contributed by atoms with van der Waals surface area (Å²) in [5, 5.41) is 0. The summed E-state index contributed by atoms with van der Waals surface area (Å²) >= 11 is 0. The first-order valence-electron chi connectivity index (χ1n) is 6.85. The smallest absolute Gasteiger partial charge is 0.345 e. The lowest BCUT2D eigenvalue weighted by molar-refractivity contribution is -0.146. The van der Waals surface area contributed by atoms with Gasteiger partial charge in [-0.2, -0.15) is 0 Å². The van der Waals surface area contributed by atoms with Crippen molar-refractivity contribution >= 4 is 18.0 Å². The second kappa shape index (κ2) is 8.71. The topological polar surface area (TPSA) is 71.1 Å². The molecule has 6 heteroatoms. The van der Waals surface area contributed by atoms with Gasteiger partial charge in [-0.05, 0) is 26.0 Å². The minimum Gasteiger partial charge on any atom is -0.493 e. The first kappa shape index (κ1) is 17.6. The Kier molecular flexibility index (Phi) is 6.95. The quantitative estimate of drug-likeness (QED) is 0.333. The molecule has 0 unspecified atom stereocenters. The van der Waals surface area contributed by atoms with Crippen molar-refractivity contribution in [2.45, 2.75) is 13.8 Å². The fourth-order valence-corrected chi connectivity index (χ4v) is 1.80. The summed E-state index contributed by atoms with van der Waals surface area (Å²) < 4.78 is 20.2. The molecule has 1 aromatic rings. The molecule has 0 atom stereocenters. The molecule has 0 saturated carbocycles. The van der Waals surface area contributed by atoms with Crippen molar-refractivity contribution in [2.24, 2.45) is 0 Å². The summed E-state index contributed by atoms with van der Waals surface area (Å²) in [6.07, 6.45) is 1.37. The van der Waals surface area contributed by atoms with Crippen molar-refractivity contribution in [3.8, 4) is 11.5 Å². The number of benzene rings is 1. The van der Waals surface area contributed by atoms with Crippen LogP contribution in [0.2, 0.25) is 0 Å². The first-order valence-corrected chi connectivity index (χ1v) is 6.85. The van der Waals surface area contributed by atoms with E-state index in [1.54, 1.807) is 32.0 Å². The molecular weight excluding hydrogens is 288 g/mol. The maximum atomic E-state index is 12.0. The highest BCUT2D eigenvalue weighted by molar-refractivity contribution is 6.17. The summed E-state index contributed by atoms with van der Waals surface area (Å²) in [4.78, 5) is 23.9. The van der Waals surface area contributed by atoms with Gasteiger partial charge in [-0.25, -0.2) is 9.59 Å². The molecule has 6 nitrogen and oxygen atoms in total. The largest absolute Gasteiger partial charge is 0.493 e. The third-order valence-electron chi connectivity index (χ3n) is 2.72. The molecule has 22 heavy (non-hydrogen) atoms. The van der Waals surface area contributed by atoms with Gasteiger partial charge in [0.25, 0.3) is 0 Å². The van der Waals surface area contributed by atoms with Crippen LogP contribution in [0.3, 0.4) is 0 Å². The van der Waals surface area contributed by atoms with Crippen LogP contribution in [0.15, 0.2) is 23.8 Å². The molecule has 0 aliphatic carbocycles. The normalized spacial score (nSPS) is 9.64. The molecule has 0 aliphatic rings. The Hall–Kier alpha value is -2.50. The van der Waals surface area contributed by atoms with E-state index in [1.807, 2.05) is 0 Å². The van der Waals surface area contributed by atoms with Crippen LogP contribution >= 0.6 is 0 Å². The van der Waals surface area contributed by atoms with Crippen molar-refractivity contribution in [3.05, 3.63) is 29.3 Å². The van der Waals surface area contributed by atoms with Gasteiger partial charge in [-0.3, -0.25) is 0 Å². The molecule has 1 rings (SSSR count). The van der Waals surface area contributed by atoms with E-state index in [4.69, 9.17) is 18.9 Å². The number of hydrogen-bond acceptors (Lipinski definition) is 6. The predicted octanol–water partition coefficient (Wildman–Crippen LogP) is 2.21. The van der Waals surface area contributed by atoms with Gasteiger partial charge in [-0.1, -0.05) is 12.1 Å². The molecule has 0 radical (unpaired) electrons. The Morgan fingerprint density at radius 3 is 2.05 bits per heavy atom. The van der Waals surface area contributed by atoms with E-state index in [2.05, 4.69) is 0 Å². The summed E-state index contributed by atoms with van der Waals surface area (Å²) in [6, 6.07) is 5.13. The molecule has 120 valence electrons. The van der Waals surface area contributed by atoms with Gasteiger partial charge in [0.1, 0.15) is 5.57 Å². The van der Waals surface area contributed by atoms with E-state index in [0.717, 1.165) is 0 Å². The van der Waals surface area contributed by atoms with Crippen LogP contribution in [-0.4, -0.2) is 39.4 Å². The Morgan fingerprint density at radius 2 is 1.59 bits per heavy atom. The average molecular weight is 308 g/mol. The number of ether oxygens (including phenoxy) is 4. The van der Waals surface area contributed by atoms with Crippen LogP contribution in [0.4, 0.5) is 0 Å². The number of methoxy groups -OCH3 is 2. The van der Waals surface area contributed by atoms with Gasteiger partial charge >= 0.3 is 11.9 Å². The fraction of sp³-hybridized carbons (Fsp3) is 0.375. The number of rotatable bonds is 7. The number of carbonyl (C=O) groups is 2. The summed E-state index contributed by atoms with van der Waals surface area (Å²) in [6.45, 7) is 3.63. The molecule has 0 aromatic heterocycles. The van der Waals surface area contributed by atoms with Crippen LogP contribution < -0.4 is 9.47 Å². The van der Waals surface area contributed by atoms with Crippen LogP contribution in [0.1, 0.15) is 19.4 Å². The molecule has 0 aliphatic heterocycles. The molecule has 1 aromatic carbocycles. The van der Waals surface area contributed by atoms with Crippen LogP contribution in [0.5, 0.6) is 11.5 Å². The minimum absolute atomic E-state index is 0.158. The molecule has 0 bridgehead atoms. The van der Waals surface area contributed by atoms with Gasteiger partial charge in [-0.15, -0.1) is 0 Å².